The fourth-order valence-electron chi connectivity index (χ4n) is 2.20. The lowest BCUT2D eigenvalue weighted by atomic mass is 10.1. The number of esters is 1. The van der Waals surface area contributed by atoms with Crippen molar-refractivity contribution in [2.75, 3.05) is 6.61 Å². The summed E-state index contributed by atoms with van der Waals surface area (Å²) in [7, 11) is 0. The number of rotatable bonds is 7. The van der Waals surface area contributed by atoms with E-state index in [1.54, 1.807) is 42.5 Å². The zero-order chi connectivity index (χ0) is 18.2. The monoisotopic (exact) mass is 339 g/mol. The first kappa shape index (κ1) is 18.4. The summed E-state index contributed by atoms with van der Waals surface area (Å²) in [5.74, 6) is -1.30. The fraction of sp³-hybridized carbons (Fsp3) is 0.250. The highest BCUT2D eigenvalue weighted by Crippen LogP contribution is 2.06. The highest BCUT2D eigenvalue weighted by Gasteiger charge is 2.19. The van der Waals surface area contributed by atoms with Crippen molar-refractivity contribution in [3.05, 3.63) is 71.3 Å². The molecule has 0 aliphatic rings. The van der Waals surface area contributed by atoms with Gasteiger partial charge in [0.1, 0.15) is 6.04 Å². The molecule has 0 aromatic heterocycles. The third-order valence-electron chi connectivity index (χ3n) is 3.77. The minimum absolute atomic E-state index is 0.280. The number of nitrogens with one attached hydrogen (secondary N) is 1. The van der Waals surface area contributed by atoms with Crippen LogP contribution in [0.1, 0.15) is 40.1 Å². The Hall–Kier alpha value is -2.95. The SMILES string of the molecule is CCc1ccc(C(=O)COC(=O)[C@H](C)NC(=O)c2ccccc2)cc1. The van der Waals surface area contributed by atoms with Gasteiger partial charge >= 0.3 is 5.97 Å². The second-order valence-corrected chi connectivity index (χ2v) is 5.64. The van der Waals surface area contributed by atoms with Crippen molar-refractivity contribution in [1.29, 1.82) is 0 Å². The molecule has 1 amide bonds. The van der Waals surface area contributed by atoms with Crippen LogP contribution in [0.4, 0.5) is 0 Å². The van der Waals surface area contributed by atoms with Gasteiger partial charge in [-0.1, -0.05) is 49.4 Å². The van der Waals surface area contributed by atoms with E-state index in [2.05, 4.69) is 5.32 Å². The van der Waals surface area contributed by atoms with E-state index in [-0.39, 0.29) is 18.3 Å². The number of ether oxygens (including phenoxy) is 1. The number of amides is 1. The zero-order valence-corrected chi connectivity index (χ0v) is 14.3. The lowest BCUT2D eigenvalue weighted by molar-refractivity contribution is -0.144. The van der Waals surface area contributed by atoms with E-state index >= 15 is 0 Å². The minimum Gasteiger partial charge on any atom is -0.456 e. The topological polar surface area (TPSA) is 72.5 Å². The van der Waals surface area contributed by atoms with E-state index in [0.717, 1.165) is 12.0 Å². The average Bonchev–Trinajstić information content (AvgIpc) is 2.66. The maximum absolute atomic E-state index is 12.1. The fourth-order valence-corrected chi connectivity index (χ4v) is 2.20. The number of carbonyl (C=O) groups is 3. The van der Waals surface area contributed by atoms with Gasteiger partial charge in [-0.2, -0.15) is 0 Å². The quantitative estimate of drug-likeness (QED) is 0.622. The van der Waals surface area contributed by atoms with Crippen LogP contribution in [0.5, 0.6) is 0 Å². The molecule has 130 valence electrons. The summed E-state index contributed by atoms with van der Waals surface area (Å²) in [6.45, 7) is 3.20. The third kappa shape index (κ3) is 5.28. The molecule has 25 heavy (non-hydrogen) atoms. The Morgan fingerprint density at radius 3 is 2.20 bits per heavy atom. The van der Waals surface area contributed by atoms with Crippen molar-refractivity contribution in [3.8, 4) is 0 Å². The van der Waals surface area contributed by atoms with Crippen LogP contribution in [0.3, 0.4) is 0 Å². The minimum atomic E-state index is -0.844. The molecular formula is C20H21NO4. The van der Waals surface area contributed by atoms with Gasteiger partial charge in [-0.15, -0.1) is 0 Å². The van der Waals surface area contributed by atoms with Crippen LogP contribution in [-0.4, -0.2) is 30.3 Å². The molecule has 0 saturated carbocycles. The number of aryl methyl sites for hydroxylation is 1. The Kier molecular flexibility index (Phi) is 6.46. The van der Waals surface area contributed by atoms with Crippen molar-refractivity contribution < 1.29 is 19.1 Å². The maximum Gasteiger partial charge on any atom is 0.328 e. The Labute approximate surface area is 147 Å². The zero-order valence-electron chi connectivity index (χ0n) is 14.3. The number of carbonyl (C=O) groups excluding carboxylic acids is 3. The summed E-state index contributed by atoms with van der Waals surface area (Å²) >= 11 is 0. The van der Waals surface area contributed by atoms with Gasteiger partial charge in [0.25, 0.3) is 5.91 Å². The van der Waals surface area contributed by atoms with Crippen molar-refractivity contribution in [1.82, 2.24) is 5.32 Å². The van der Waals surface area contributed by atoms with Crippen LogP contribution in [0.25, 0.3) is 0 Å². The Balaban J connectivity index is 1.84. The molecule has 5 heteroatoms. The number of Topliss-reactive ketones (excluding diaryl/α,β-unsaturated/α-hetero) is 1. The summed E-state index contributed by atoms with van der Waals surface area (Å²) in [6.07, 6.45) is 0.891. The predicted molar refractivity (Wildman–Crippen MR) is 94.5 cm³/mol. The first-order valence-corrected chi connectivity index (χ1v) is 8.16. The Bertz CT molecular complexity index is 738. The van der Waals surface area contributed by atoms with E-state index < -0.39 is 12.0 Å². The Morgan fingerprint density at radius 2 is 1.60 bits per heavy atom. The summed E-state index contributed by atoms with van der Waals surface area (Å²) in [6, 6.07) is 14.9. The predicted octanol–water partition coefficient (Wildman–Crippen LogP) is 2.79. The highest BCUT2D eigenvalue weighted by molar-refractivity contribution is 5.99. The van der Waals surface area contributed by atoms with Crippen molar-refractivity contribution in [2.45, 2.75) is 26.3 Å². The van der Waals surface area contributed by atoms with E-state index in [1.807, 2.05) is 19.1 Å². The lowest BCUT2D eigenvalue weighted by Gasteiger charge is -2.13. The second kappa shape index (κ2) is 8.78. The first-order valence-electron chi connectivity index (χ1n) is 8.16. The molecule has 0 radical (unpaired) electrons. The molecule has 1 atom stereocenters. The van der Waals surface area contributed by atoms with Crippen molar-refractivity contribution in [3.63, 3.8) is 0 Å². The summed E-state index contributed by atoms with van der Waals surface area (Å²) in [5, 5.41) is 2.55. The van der Waals surface area contributed by atoms with Crippen LogP contribution in [-0.2, 0) is 16.0 Å². The first-order chi connectivity index (χ1) is 12.0. The molecule has 0 spiro atoms. The molecule has 0 aliphatic heterocycles. The van der Waals surface area contributed by atoms with Gasteiger partial charge < -0.3 is 10.1 Å². The molecule has 0 heterocycles. The van der Waals surface area contributed by atoms with Crippen LogP contribution in [0, 0.1) is 0 Å². The summed E-state index contributed by atoms with van der Waals surface area (Å²) in [5.41, 5.74) is 2.08. The lowest BCUT2D eigenvalue weighted by Crippen LogP contribution is -2.40. The molecule has 5 nitrogen and oxygen atoms in total. The molecule has 0 aliphatic carbocycles. The van der Waals surface area contributed by atoms with Gasteiger partial charge in [-0.3, -0.25) is 9.59 Å². The average molecular weight is 339 g/mol. The normalized spacial score (nSPS) is 11.4. The van der Waals surface area contributed by atoms with E-state index in [1.165, 1.54) is 6.92 Å². The van der Waals surface area contributed by atoms with E-state index in [0.29, 0.717) is 11.1 Å². The smallest absolute Gasteiger partial charge is 0.328 e. The molecular weight excluding hydrogens is 318 g/mol. The molecule has 1 N–H and O–H groups in total. The van der Waals surface area contributed by atoms with Crippen LogP contribution >= 0.6 is 0 Å². The molecule has 0 unspecified atom stereocenters. The molecule has 2 aromatic rings. The number of hydrogen-bond acceptors (Lipinski definition) is 4. The molecule has 2 rings (SSSR count). The van der Waals surface area contributed by atoms with Gasteiger partial charge in [0.2, 0.25) is 0 Å². The highest BCUT2D eigenvalue weighted by atomic mass is 16.5. The molecule has 0 fully saturated rings. The van der Waals surface area contributed by atoms with Crippen LogP contribution in [0.2, 0.25) is 0 Å². The Morgan fingerprint density at radius 1 is 0.960 bits per heavy atom. The summed E-state index contributed by atoms with van der Waals surface area (Å²) < 4.78 is 5.01. The maximum atomic E-state index is 12.1. The van der Waals surface area contributed by atoms with Gasteiger partial charge in [0.15, 0.2) is 12.4 Å². The third-order valence-corrected chi connectivity index (χ3v) is 3.77. The standard InChI is InChI=1S/C20H21NO4/c1-3-15-9-11-16(12-10-15)18(22)13-25-20(24)14(2)21-19(23)17-7-5-4-6-8-17/h4-12,14H,3,13H2,1-2H3,(H,21,23)/t14-/m0/s1. The molecule has 2 aromatic carbocycles. The number of benzene rings is 2. The van der Waals surface area contributed by atoms with Gasteiger partial charge in [-0.05, 0) is 31.0 Å². The van der Waals surface area contributed by atoms with Crippen LogP contribution < -0.4 is 5.32 Å². The number of ketones is 1. The van der Waals surface area contributed by atoms with Gasteiger partial charge in [0, 0.05) is 11.1 Å². The second-order valence-electron chi connectivity index (χ2n) is 5.64. The van der Waals surface area contributed by atoms with Crippen molar-refractivity contribution in [2.24, 2.45) is 0 Å². The van der Waals surface area contributed by atoms with E-state index in [4.69, 9.17) is 4.74 Å². The van der Waals surface area contributed by atoms with Crippen molar-refractivity contribution >= 4 is 17.7 Å². The molecule has 0 saturated heterocycles. The summed E-state index contributed by atoms with van der Waals surface area (Å²) in [4.78, 5) is 36.0. The number of hydrogen-bond donors (Lipinski definition) is 1. The molecule has 0 bridgehead atoms. The van der Waals surface area contributed by atoms with E-state index in [9.17, 15) is 14.4 Å². The van der Waals surface area contributed by atoms with Gasteiger partial charge in [0.05, 0.1) is 0 Å². The van der Waals surface area contributed by atoms with Crippen LogP contribution in [0.15, 0.2) is 54.6 Å². The van der Waals surface area contributed by atoms with Gasteiger partial charge in [-0.25, -0.2) is 4.79 Å². The largest absolute Gasteiger partial charge is 0.456 e.